The molecular formula is C27H36N4O3S. The van der Waals surface area contributed by atoms with Crippen molar-refractivity contribution in [3.8, 4) is 0 Å². The molecular weight excluding hydrogens is 460 g/mol. The minimum Gasteiger partial charge on any atom is -0.322 e. The number of carbonyl (C=O) groups is 3. The predicted molar refractivity (Wildman–Crippen MR) is 144 cm³/mol. The zero-order valence-electron chi connectivity index (χ0n) is 21.0. The lowest BCUT2D eigenvalue weighted by molar-refractivity contribution is -0.119. The number of hydrogen-bond donors (Lipinski definition) is 4. The summed E-state index contributed by atoms with van der Waals surface area (Å²) in [7, 11) is 0. The van der Waals surface area contributed by atoms with E-state index in [1.165, 1.54) is 6.42 Å². The minimum absolute atomic E-state index is 0.0173. The van der Waals surface area contributed by atoms with E-state index in [4.69, 9.17) is 12.2 Å². The molecule has 0 radical (unpaired) electrons. The van der Waals surface area contributed by atoms with Crippen LogP contribution in [-0.2, 0) is 10.2 Å². The van der Waals surface area contributed by atoms with Crippen molar-refractivity contribution < 1.29 is 14.4 Å². The number of carbonyl (C=O) groups excluding carboxylic acids is 3. The van der Waals surface area contributed by atoms with Gasteiger partial charge in [-0.25, -0.2) is 0 Å². The van der Waals surface area contributed by atoms with Crippen LogP contribution in [0.25, 0.3) is 0 Å². The topological polar surface area (TPSA) is 99.3 Å². The van der Waals surface area contributed by atoms with Gasteiger partial charge < -0.3 is 10.6 Å². The number of thiocarbonyl (C=S) groups is 1. The molecule has 8 heteroatoms. The van der Waals surface area contributed by atoms with Crippen molar-refractivity contribution in [3.05, 3.63) is 65.2 Å². The summed E-state index contributed by atoms with van der Waals surface area (Å²) in [5.41, 5.74) is 7.66. The first-order chi connectivity index (χ1) is 16.6. The molecule has 0 fully saturated rings. The lowest BCUT2D eigenvalue weighted by Crippen LogP contribution is -2.48. The highest BCUT2D eigenvalue weighted by molar-refractivity contribution is 7.80. The van der Waals surface area contributed by atoms with Crippen LogP contribution in [-0.4, -0.2) is 22.8 Å². The number of hydrazine groups is 1. The second-order valence-corrected chi connectivity index (χ2v) is 9.89. The van der Waals surface area contributed by atoms with Crippen molar-refractivity contribution in [2.75, 3.05) is 5.32 Å². The Bertz CT molecular complexity index is 1010. The van der Waals surface area contributed by atoms with E-state index in [1.807, 2.05) is 12.1 Å². The van der Waals surface area contributed by atoms with Crippen LogP contribution < -0.4 is 21.5 Å². The summed E-state index contributed by atoms with van der Waals surface area (Å²) >= 11 is 5.06. The summed E-state index contributed by atoms with van der Waals surface area (Å²) < 4.78 is 0. The smallest absolute Gasteiger partial charge is 0.269 e. The molecule has 0 spiro atoms. The quantitative estimate of drug-likeness (QED) is 0.216. The largest absolute Gasteiger partial charge is 0.322 e. The molecule has 0 heterocycles. The Kier molecular flexibility index (Phi) is 10.9. The average molecular weight is 497 g/mol. The third-order valence-electron chi connectivity index (χ3n) is 5.47. The maximum atomic E-state index is 12.5. The predicted octanol–water partition coefficient (Wildman–Crippen LogP) is 5.23. The first-order valence-electron chi connectivity index (χ1n) is 12.0. The molecule has 0 aromatic heterocycles. The highest BCUT2D eigenvalue weighted by Crippen LogP contribution is 2.22. The zero-order valence-corrected chi connectivity index (χ0v) is 21.8. The molecule has 7 nitrogen and oxygen atoms in total. The van der Waals surface area contributed by atoms with Gasteiger partial charge in [0.05, 0.1) is 0 Å². The molecule has 4 N–H and O–H groups in total. The van der Waals surface area contributed by atoms with Crippen molar-refractivity contribution in [3.63, 3.8) is 0 Å². The van der Waals surface area contributed by atoms with Gasteiger partial charge in [0.2, 0.25) is 5.91 Å². The third kappa shape index (κ3) is 9.86. The molecule has 0 aliphatic carbocycles. The van der Waals surface area contributed by atoms with Crippen LogP contribution in [0.5, 0.6) is 0 Å². The van der Waals surface area contributed by atoms with Gasteiger partial charge in [0.25, 0.3) is 11.8 Å². The SMILES string of the molecule is CCCCCCCC(=O)NC(=S)NNC(=O)c1ccc(NC(=O)c2ccc(C(C)(C)C)cc2)cc1. The third-order valence-corrected chi connectivity index (χ3v) is 5.67. The van der Waals surface area contributed by atoms with E-state index in [0.29, 0.717) is 23.2 Å². The fourth-order valence-corrected chi connectivity index (χ4v) is 3.49. The highest BCUT2D eigenvalue weighted by Gasteiger charge is 2.15. The van der Waals surface area contributed by atoms with Gasteiger partial charge in [-0.15, -0.1) is 0 Å². The van der Waals surface area contributed by atoms with E-state index in [0.717, 1.165) is 31.2 Å². The Labute approximate surface area is 213 Å². The summed E-state index contributed by atoms with van der Waals surface area (Å²) in [6.07, 6.45) is 5.67. The van der Waals surface area contributed by atoms with Gasteiger partial charge in [0.1, 0.15) is 0 Å². The van der Waals surface area contributed by atoms with E-state index in [2.05, 4.69) is 49.2 Å². The summed E-state index contributed by atoms with van der Waals surface area (Å²) in [6, 6.07) is 14.0. The summed E-state index contributed by atoms with van der Waals surface area (Å²) in [4.78, 5) is 36.8. The van der Waals surface area contributed by atoms with E-state index in [9.17, 15) is 14.4 Å². The van der Waals surface area contributed by atoms with E-state index >= 15 is 0 Å². The number of nitrogens with one attached hydrogen (secondary N) is 4. The molecule has 0 saturated carbocycles. The normalized spacial score (nSPS) is 10.9. The molecule has 0 aliphatic rings. The van der Waals surface area contributed by atoms with Crippen LogP contribution in [0.2, 0.25) is 0 Å². The molecule has 3 amide bonds. The first-order valence-corrected chi connectivity index (χ1v) is 12.4. The van der Waals surface area contributed by atoms with Gasteiger partial charge in [-0.3, -0.25) is 25.2 Å². The molecule has 2 aromatic rings. The molecule has 0 unspecified atom stereocenters. The Morgan fingerprint density at radius 1 is 0.771 bits per heavy atom. The standard InChI is InChI=1S/C27H36N4O3S/c1-5-6-7-8-9-10-23(32)29-26(35)31-30-25(34)20-13-17-22(18-14-20)28-24(33)19-11-15-21(16-12-19)27(2,3)4/h11-18H,5-10H2,1-4H3,(H,28,33)(H,30,34)(H2,29,31,32,35). The Morgan fingerprint density at radius 2 is 1.34 bits per heavy atom. The molecule has 0 saturated heterocycles. The van der Waals surface area contributed by atoms with E-state index < -0.39 is 5.91 Å². The lowest BCUT2D eigenvalue weighted by Gasteiger charge is -2.19. The van der Waals surface area contributed by atoms with Gasteiger partial charge in [-0.05, 0) is 66.0 Å². The maximum absolute atomic E-state index is 12.5. The Morgan fingerprint density at radius 3 is 1.94 bits per heavy atom. The molecule has 188 valence electrons. The number of anilines is 1. The van der Waals surface area contributed by atoms with Crippen LogP contribution >= 0.6 is 12.2 Å². The van der Waals surface area contributed by atoms with Crippen molar-refractivity contribution >= 4 is 40.7 Å². The van der Waals surface area contributed by atoms with Crippen LogP contribution in [0.3, 0.4) is 0 Å². The van der Waals surface area contributed by atoms with Crippen molar-refractivity contribution in [1.29, 1.82) is 0 Å². The van der Waals surface area contributed by atoms with E-state index in [1.54, 1.807) is 36.4 Å². The van der Waals surface area contributed by atoms with Crippen molar-refractivity contribution in [2.45, 2.75) is 71.6 Å². The van der Waals surface area contributed by atoms with Crippen molar-refractivity contribution in [1.82, 2.24) is 16.2 Å². The van der Waals surface area contributed by atoms with Gasteiger partial charge in [0, 0.05) is 23.2 Å². The number of rotatable bonds is 9. The summed E-state index contributed by atoms with van der Waals surface area (Å²) in [5, 5.41) is 5.42. The molecule has 0 atom stereocenters. The van der Waals surface area contributed by atoms with Crippen molar-refractivity contribution in [2.24, 2.45) is 0 Å². The monoisotopic (exact) mass is 496 g/mol. The van der Waals surface area contributed by atoms with Crippen LogP contribution in [0, 0.1) is 0 Å². The number of hydrogen-bond acceptors (Lipinski definition) is 4. The average Bonchev–Trinajstić information content (AvgIpc) is 2.82. The summed E-state index contributed by atoms with van der Waals surface area (Å²) in [6.45, 7) is 8.51. The molecule has 2 aromatic carbocycles. The fraction of sp³-hybridized carbons (Fsp3) is 0.407. The van der Waals surface area contributed by atoms with Gasteiger partial charge in [0.15, 0.2) is 5.11 Å². The first kappa shape index (κ1) is 28.0. The number of amides is 3. The minimum atomic E-state index is -0.420. The van der Waals surface area contributed by atoms with Crippen LogP contribution in [0.4, 0.5) is 5.69 Å². The zero-order chi connectivity index (χ0) is 25.8. The maximum Gasteiger partial charge on any atom is 0.269 e. The molecule has 2 rings (SSSR count). The number of benzene rings is 2. The Hall–Kier alpha value is -3.26. The molecule has 0 aliphatic heterocycles. The molecule has 0 bridgehead atoms. The number of unbranched alkanes of at least 4 members (excludes halogenated alkanes) is 4. The van der Waals surface area contributed by atoms with Gasteiger partial charge in [-0.2, -0.15) is 0 Å². The molecule has 35 heavy (non-hydrogen) atoms. The highest BCUT2D eigenvalue weighted by atomic mass is 32.1. The van der Waals surface area contributed by atoms with Crippen LogP contribution in [0.15, 0.2) is 48.5 Å². The van der Waals surface area contributed by atoms with E-state index in [-0.39, 0.29) is 22.3 Å². The van der Waals surface area contributed by atoms with Crippen LogP contribution in [0.1, 0.15) is 92.5 Å². The van der Waals surface area contributed by atoms with Gasteiger partial charge in [-0.1, -0.05) is 65.5 Å². The lowest BCUT2D eigenvalue weighted by atomic mass is 9.87. The Balaban J connectivity index is 1.78. The second kappa shape index (κ2) is 13.6. The summed E-state index contributed by atoms with van der Waals surface area (Å²) in [5.74, 6) is -0.825. The fourth-order valence-electron chi connectivity index (χ4n) is 3.32. The van der Waals surface area contributed by atoms with Gasteiger partial charge >= 0.3 is 0 Å². The second-order valence-electron chi connectivity index (χ2n) is 9.48.